The molecule has 0 radical (unpaired) electrons. The molecule has 0 aliphatic rings. The van der Waals surface area contributed by atoms with E-state index in [1.54, 1.807) is 18.5 Å². The van der Waals surface area contributed by atoms with Crippen LogP contribution >= 0.6 is 0 Å². The molecule has 0 spiro atoms. The Morgan fingerprint density at radius 3 is 3.05 bits per heavy atom. The normalized spacial score (nSPS) is 12.5. The fraction of sp³-hybridized carbons (Fsp3) is 0.286. The number of carbonyl (C=O) groups excluding carboxylic acids is 1. The van der Waals surface area contributed by atoms with Gasteiger partial charge in [-0.15, -0.1) is 0 Å². The minimum Gasteiger partial charge on any atom is -0.347 e. The number of aromatic nitrogens is 4. The molecule has 0 fully saturated rings. The lowest BCUT2D eigenvalue weighted by atomic mass is 10.1. The Balaban J connectivity index is 1.84. The molecular formula is C14H15N5O2. The van der Waals surface area contributed by atoms with Crippen LogP contribution in [-0.2, 0) is 0 Å². The van der Waals surface area contributed by atoms with Gasteiger partial charge in [0.2, 0.25) is 0 Å². The number of nitrogens with zero attached hydrogens (tertiary/aromatic N) is 3. The largest absolute Gasteiger partial charge is 0.347 e. The maximum atomic E-state index is 12.3. The van der Waals surface area contributed by atoms with Crippen molar-refractivity contribution < 1.29 is 9.32 Å². The fourth-order valence-electron chi connectivity index (χ4n) is 2.14. The van der Waals surface area contributed by atoms with E-state index < -0.39 is 0 Å². The van der Waals surface area contributed by atoms with Crippen LogP contribution in [0.2, 0.25) is 0 Å². The zero-order chi connectivity index (χ0) is 14.8. The first-order chi connectivity index (χ1) is 10.2. The Labute approximate surface area is 120 Å². The highest BCUT2D eigenvalue weighted by atomic mass is 16.5. The molecule has 108 valence electrons. The second-order valence-electron chi connectivity index (χ2n) is 4.75. The maximum absolute atomic E-state index is 12.3. The molecule has 0 saturated heterocycles. The monoisotopic (exact) mass is 285 g/mol. The first kappa shape index (κ1) is 13.3. The minimum absolute atomic E-state index is 0.160. The number of fused-ring (bicyclic) bond motifs is 1. The highest BCUT2D eigenvalue weighted by Gasteiger charge is 2.17. The van der Waals surface area contributed by atoms with Gasteiger partial charge >= 0.3 is 0 Å². The van der Waals surface area contributed by atoms with Gasteiger partial charge in [0.1, 0.15) is 5.82 Å². The Morgan fingerprint density at radius 2 is 2.33 bits per heavy atom. The van der Waals surface area contributed by atoms with E-state index >= 15 is 0 Å². The van der Waals surface area contributed by atoms with Gasteiger partial charge in [-0.3, -0.25) is 4.79 Å². The number of aromatic amines is 1. The van der Waals surface area contributed by atoms with Gasteiger partial charge in [-0.25, -0.2) is 9.97 Å². The Hall–Kier alpha value is -2.70. The lowest BCUT2D eigenvalue weighted by Gasteiger charge is -2.14. The van der Waals surface area contributed by atoms with Crippen LogP contribution in [0.25, 0.3) is 11.1 Å². The summed E-state index contributed by atoms with van der Waals surface area (Å²) >= 11 is 0. The van der Waals surface area contributed by atoms with Crippen LogP contribution in [0.1, 0.15) is 41.3 Å². The molecule has 0 bridgehead atoms. The molecule has 1 atom stereocenters. The van der Waals surface area contributed by atoms with Crippen LogP contribution in [0.5, 0.6) is 0 Å². The number of nitrogens with one attached hydrogen (secondary N) is 2. The second kappa shape index (κ2) is 5.35. The molecule has 7 nitrogen and oxygen atoms in total. The van der Waals surface area contributed by atoms with E-state index in [4.69, 9.17) is 4.52 Å². The molecule has 1 unspecified atom stereocenters. The van der Waals surface area contributed by atoms with E-state index in [0.29, 0.717) is 17.0 Å². The molecule has 3 aromatic heterocycles. The third kappa shape index (κ3) is 2.49. The van der Waals surface area contributed by atoms with Crippen molar-refractivity contribution in [3.05, 3.63) is 41.7 Å². The van der Waals surface area contributed by atoms with Crippen molar-refractivity contribution in [1.82, 2.24) is 25.4 Å². The smallest absolute Gasteiger partial charge is 0.257 e. The maximum Gasteiger partial charge on any atom is 0.257 e. The number of amides is 1. The Bertz CT molecular complexity index is 763. The minimum atomic E-state index is -0.201. The van der Waals surface area contributed by atoms with Crippen LogP contribution in [0.15, 0.2) is 29.2 Å². The highest BCUT2D eigenvalue weighted by Crippen LogP contribution is 2.18. The Kier molecular flexibility index (Phi) is 3.39. The van der Waals surface area contributed by atoms with Gasteiger partial charge in [0.05, 0.1) is 22.7 Å². The van der Waals surface area contributed by atoms with Gasteiger partial charge in [-0.05, 0) is 19.4 Å². The number of H-pyrrole nitrogens is 1. The topological polar surface area (TPSA) is 96.7 Å². The van der Waals surface area contributed by atoms with Gasteiger partial charge < -0.3 is 14.8 Å². The summed E-state index contributed by atoms with van der Waals surface area (Å²) in [6.45, 7) is 3.80. The average molecular weight is 285 g/mol. The van der Waals surface area contributed by atoms with Crippen molar-refractivity contribution in [2.75, 3.05) is 0 Å². The van der Waals surface area contributed by atoms with Gasteiger partial charge in [-0.1, -0.05) is 12.1 Å². The molecule has 3 aromatic rings. The summed E-state index contributed by atoms with van der Waals surface area (Å²) in [4.78, 5) is 23.6. The van der Waals surface area contributed by atoms with Crippen LogP contribution < -0.4 is 5.32 Å². The summed E-state index contributed by atoms with van der Waals surface area (Å²) in [5.41, 5.74) is 1.62. The van der Waals surface area contributed by atoms with Crippen molar-refractivity contribution in [3.8, 4) is 0 Å². The average Bonchev–Trinajstić information content (AvgIpc) is 3.15. The van der Waals surface area contributed by atoms with Crippen molar-refractivity contribution in [2.24, 2.45) is 0 Å². The zero-order valence-electron chi connectivity index (χ0n) is 11.8. The van der Waals surface area contributed by atoms with Gasteiger partial charge in [0.15, 0.2) is 0 Å². The van der Waals surface area contributed by atoms with Gasteiger partial charge in [0.25, 0.3) is 11.6 Å². The van der Waals surface area contributed by atoms with E-state index in [-0.39, 0.29) is 11.9 Å². The van der Waals surface area contributed by atoms with Crippen molar-refractivity contribution in [3.63, 3.8) is 0 Å². The molecule has 7 heteroatoms. The number of hydrogen-bond donors (Lipinski definition) is 2. The zero-order valence-corrected chi connectivity index (χ0v) is 11.8. The molecule has 2 N–H and O–H groups in total. The van der Waals surface area contributed by atoms with Crippen molar-refractivity contribution in [2.45, 2.75) is 26.3 Å². The lowest BCUT2D eigenvalue weighted by Crippen LogP contribution is -2.29. The number of carbonyl (C=O) groups is 1. The van der Waals surface area contributed by atoms with Gasteiger partial charge in [0, 0.05) is 18.6 Å². The van der Waals surface area contributed by atoms with E-state index in [2.05, 4.69) is 25.4 Å². The predicted molar refractivity (Wildman–Crippen MR) is 75.6 cm³/mol. The van der Waals surface area contributed by atoms with Crippen LogP contribution in [0.4, 0.5) is 0 Å². The molecule has 0 aromatic carbocycles. The summed E-state index contributed by atoms with van der Waals surface area (Å²) < 4.78 is 5.04. The molecule has 3 rings (SSSR count). The quantitative estimate of drug-likeness (QED) is 0.765. The second-order valence-corrected chi connectivity index (χ2v) is 4.75. The summed E-state index contributed by atoms with van der Waals surface area (Å²) in [7, 11) is 0. The number of imidazole rings is 1. The number of pyridine rings is 1. The number of aryl methyl sites for hydroxylation is 1. The SMILES string of the molecule is CCC(NC(=O)c1cnc2onc(C)c2c1)c1ncc[nH]1. The van der Waals surface area contributed by atoms with Crippen LogP contribution in [-0.4, -0.2) is 26.0 Å². The fourth-order valence-corrected chi connectivity index (χ4v) is 2.14. The molecule has 0 saturated carbocycles. The first-order valence-corrected chi connectivity index (χ1v) is 6.71. The Morgan fingerprint density at radius 1 is 1.48 bits per heavy atom. The van der Waals surface area contributed by atoms with Crippen LogP contribution in [0.3, 0.4) is 0 Å². The number of rotatable bonds is 4. The lowest BCUT2D eigenvalue weighted by molar-refractivity contribution is 0.0933. The third-order valence-electron chi connectivity index (χ3n) is 3.34. The third-order valence-corrected chi connectivity index (χ3v) is 3.34. The molecular weight excluding hydrogens is 270 g/mol. The summed E-state index contributed by atoms with van der Waals surface area (Å²) in [6.07, 6.45) is 5.62. The molecule has 3 heterocycles. The van der Waals surface area contributed by atoms with E-state index in [1.165, 1.54) is 6.20 Å². The predicted octanol–water partition coefficient (Wildman–Crippen LogP) is 2.14. The first-order valence-electron chi connectivity index (χ1n) is 6.71. The summed E-state index contributed by atoms with van der Waals surface area (Å²) in [5, 5.41) is 7.51. The molecule has 21 heavy (non-hydrogen) atoms. The highest BCUT2D eigenvalue weighted by molar-refractivity contribution is 5.97. The molecule has 0 aliphatic heterocycles. The summed E-state index contributed by atoms with van der Waals surface area (Å²) in [5.74, 6) is 0.536. The van der Waals surface area contributed by atoms with E-state index in [0.717, 1.165) is 17.6 Å². The van der Waals surface area contributed by atoms with Crippen molar-refractivity contribution in [1.29, 1.82) is 0 Å². The van der Waals surface area contributed by atoms with Crippen LogP contribution in [0, 0.1) is 6.92 Å². The van der Waals surface area contributed by atoms with E-state index in [9.17, 15) is 4.79 Å². The van der Waals surface area contributed by atoms with E-state index in [1.807, 2.05) is 13.8 Å². The molecule has 1 amide bonds. The standard InChI is InChI=1S/C14H15N5O2/c1-3-11(12-15-4-5-16-12)18-13(20)9-6-10-8(2)19-21-14(10)17-7-9/h4-7,11H,3H2,1-2H3,(H,15,16)(H,18,20). The number of hydrogen-bond acceptors (Lipinski definition) is 5. The molecule has 0 aliphatic carbocycles. The van der Waals surface area contributed by atoms with Crippen molar-refractivity contribution >= 4 is 17.0 Å². The van der Waals surface area contributed by atoms with Gasteiger partial charge in [-0.2, -0.15) is 0 Å². The summed E-state index contributed by atoms with van der Waals surface area (Å²) in [6, 6.07) is 1.57.